The van der Waals surface area contributed by atoms with Crippen LogP contribution in [-0.4, -0.2) is 37.8 Å². The molecular formula is C44H51GeIrN5O-2. The van der Waals surface area contributed by atoms with Crippen LogP contribution in [-0.2, 0) is 40.0 Å². The topological polar surface area (TPSA) is 69.6 Å². The predicted molar refractivity (Wildman–Crippen MR) is 215 cm³/mol. The van der Waals surface area contributed by atoms with Gasteiger partial charge in [0, 0.05) is 43.9 Å². The standard InChI is InChI=1S/C25H25N4O.C19H26GeN.Ir/c1-14-11-20-22(15(2)26-14)29(6)23(28-20)16-7-10-21-19(12-16)18-9-8-17(13-25(3,4)5)27-24(18)30-21;1-19(2,3)13-16-12-18(15-10-8-7-9-11-15)21-14-17(16)20(4,5)6;/h8-12H,13H2,1-6H3;7-10,12,14H,13H2,1-6H3;/q2*-1;. The van der Waals surface area contributed by atoms with E-state index in [1.807, 2.05) is 51.2 Å². The Labute approximate surface area is 325 Å². The molecule has 1 radical (unpaired) electrons. The van der Waals surface area contributed by atoms with E-state index < -0.39 is 13.3 Å². The average Bonchev–Trinajstić information content (AvgIpc) is 3.55. The van der Waals surface area contributed by atoms with Crippen molar-refractivity contribution >= 4 is 50.8 Å². The Morgan fingerprint density at radius 1 is 0.808 bits per heavy atom. The van der Waals surface area contributed by atoms with Crippen molar-refractivity contribution in [1.29, 1.82) is 0 Å². The van der Waals surface area contributed by atoms with E-state index in [0.717, 1.165) is 80.0 Å². The van der Waals surface area contributed by atoms with Crippen molar-refractivity contribution in [2.24, 2.45) is 17.9 Å². The van der Waals surface area contributed by atoms with Crippen LogP contribution < -0.4 is 4.40 Å². The van der Waals surface area contributed by atoms with Gasteiger partial charge in [-0.2, -0.15) is 0 Å². The Hall–Kier alpha value is -3.65. The molecule has 273 valence electrons. The molecule has 8 heteroatoms. The zero-order valence-electron chi connectivity index (χ0n) is 32.7. The van der Waals surface area contributed by atoms with Crippen LogP contribution in [0.4, 0.5) is 0 Å². The molecule has 7 rings (SSSR count). The summed E-state index contributed by atoms with van der Waals surface area (Å²) in [5, 5.41) is 2.05. The number of aryl methyl sites for hydroxylation is 3. The Morgan fingerprint density at radius 3 is 2.19 bits per heavy atom. The van der Waals surface area contributed by atoms with Crippen molar-refractivity contribution in [3.05, 3.63) is 102 Å². The Morgan fingerprint density at radius 2 is 1.54 bits per heavy atom. The monoisotopic (exact) mass is 932 g/mol. The van der Waals surface area contributed by atoms with Gasteiger partial charge in [-0.25, -0.2) is 4.98 Å². The van der Waals surface area contributed by atoms with Crippen molar-refractivity contribution in [1.82, 2.24) is 24.5 Å². The van der Waals surface area contributed by atoms with Gasteiger partial charge in [0.1, 0.15) is 0 Å². The largest absolute Gasteiger partial charge is 0.486 e. The first-order valence-electron chi connectivity index (χ1n) is 17.9. The number of pyridine rings is 3. The number of aromatic nitrogens is 5. The number of nitrogens with zero attached hydrogens (tertiary/aromatic N) is 5. The number of rotatable bonds is 5. The van der Waals surface area contributed by atoms with Crippen LogP contribution in [0.5, 0.6) is 0 Å². The molecule has 7 aromatic rings. The van der Waals surface area contributed by atoms with Crippen LogP contribution >= 0.6 is 0 Å². The molecule has 5 heterocycles. The molecule has 0 fully saturated rings. The molecule has 5 aromatic heterocycles. The van der Waals surface area contributed by atoms with Gasteiger partial charge in [-0.1, -0.05) is 26.2 Å². The second-order valence-electron chi connectivity index (χ2n) is 17.3. The van der Waals surface area contributed by atoms with E-state index >= 15 is 0 Å². The molecule has 0 N–H and O–H groups in total. The summed E-state index contributed by atoms with van der Waals surface area (Å²) in [6, 6.07) is 27.3. The summed E-state index contributed by atoms with van der Waals surface area (Å²) in [6.45, 7) is 17.6. The van der Waals surface area contributed by atoms with Crippen LogP contribution in [0, 0.1) is 36.8 Å². The zero-order chi connectivity index (χ0) is 36.9. The summed E-state index contributed by atoms with van der Waals surface area (Å²) < 4.78 is 9.67. The first kappa shape index (κ1) is 39.6. The van der Waals surface area contributed by atoms with Gasteiger partial charge in [0.25, 0.3) is 0 Å². The number of fused-ring (bicyclic) bond motifs is 4. The van der Waals surface area contributed by atoms with Crippen molar-refractivity contribution in [2.45, 2.75) is 85.5 Å². The first-order valence-corrected chi connectivity index (χ1v) is 25.2. The van der Waals surface area contributed by atoms with E-state index in [-0.39, 0.29) is 25.5 Å². The van der Waals surface area contributed by atoms with Crippen molar-refractivity contribution in [2.75, 3.05) is 0 Å². The molecule has 0 aliphatic carbocycles. The van der Waals surface area contributed by atoms with Gasteiger partial charge in [0.15, 0.2) is 0 Å². The molecule has 0 unspecified atom stereocenters. The molecule has 0 atom stereocenters. The average molecular weight is 931 g/mol. The quantitative estimate of drug-likeness (QED) is 0.127. The summed E-state index contributed by atoms with van der Waals surface area (Å²) in [7, 11) is 2.03. The molecule has 6 nitrogen and oxygen atoms in total. The zero-order valence-corrected chi connectivity index (χ0v) is 37.2. The third-order valence-corrected chi connectivity index (χ3v) is 13.3. The molecule has 0 aliphatic rings. The van der Waals surface area contributed by atoms with Crippen LogP contribution in [0.2, 0.25) is 17.3 Å². The van der Waals surface area contributed by atoms with Gasteiger partial charge in [0.2, 0.25) is 5.71 Å². The minimum Gasteiger partial charge on any atom is -0.486 e. The maximum atomic E-state index is 6.04. The molecule has 0 aliphatic heterocycles. The summed E-state index contributed by atoms with van der Waals surface area (Å²) in [5.74, 6) is 8.20. The Bertz CT molecular complexity index is 2360. The van der Waals surface area contributed by atoms with Gasteiger partial charge in [-0.3, -0.25) is 9.97 Å². The number of imidazole rings is 1. The maximum Gasteiger partial charge on any atom is 0.216 e. The first-order chi connectivity index (χ1) is 23.9. The van der Waals surface area contributed by atoms with E-state index in [0.29, 0.717) is 11.1 Å². The number of hydrogen-bond donors (Lipinski definition) is 0. The summed E-state index contributed by atoms with van der Waals surface area (Å²) in [4.78, 5) is 19.0. The normalized spacial score (nSPS) is 12.2. The fraction of sp³-hybridized carbons (Fsp3) is 0.364. The van der Waals surface area contributed by atoms with E-state index in [1.165, 1.54) is 9.96 Å². The molecular weight excluding hydrogens is 879 g/mol. The van der Waals surface area contributed by atoms with E-state index in [1.54, 1.807) is 0 Å². The fourth-order valence-corrected chi connectivity index (χ4v) is 10.1. The van der Waals surface area contributed by atoms with Crippen molar-refractivity contribution in [3.8, 4) is 22.6 Å². The van der Waals surface area contributed by atoms with Gasteiger partial charge in [0.05, 0.1) is 28.1 Å². The van der Waals surface area contributed by atoms with Gasteiger partial charge in [-0.15, -0.1) is 23.8 Å². The molecule has 0 bridgehead atoms. The molecule has 0 amide bonds. The van der Waals surface area contributed by atoms with E-state index in [4.69, 9.17) is 19.4 Å². The van der Waals surface area contributed by atoms with Crippen LogP contribution in [0.1, 0.15) is 64.2 Å². The van der Waals surface area contributed by atoms with Gasteiger partial charge >= 0.3 is 132 Å². The van der Waals surface area contributed by atoms with Crippen LogP contribution in [0.15, 0.2) is 71.3 Å². The summed E-state index contributed by atoms with van der Waals surface area (Å²) >= 11 is -1.90. The molecule has 0 saturated carbocycles. The minimum absolute atomic E-state index is 0. The smallest absolute Gasteiger partial charge is 0.216 e. The molecule has 0 saturated heterocycles. The second-order valence-corrected chi connectivity index (χ2v) is 27.9. The molecule has 52 heavy (non-hydrogen) atoms. The van der Waals surface area contributed by atoms with E-state index in [2.05, 4.69) is 117 Å². The predicted octanol–water partition coefficient (Wildman–Crippen LogP) is 10.6. The van der Waals surface area contributed by atoms with E-state index in [9.17, 15) is 0 Å². The van der Waals surface area contributed by atoms with Gasteiger partial charge < -0.3 is 8.98 Å². The second kappa shape index (κ2) is 15.0. The fourth-order valence-electron chi connectivity index (χ4n) is 6.84. The third-order valence-electron chi connectivity index (χ3n) is 8.94. The minimum atomic E-state index is -1.90. The van der Waals surface area contributed by atoms with Crippen LogP contribution in [0.25, 0.3) is 55.7 Å². The summed E-state index contributed by atoms with van der Waals surface area (Å²) in [5.41, 5.74) is 11.5. The number of hydrogen-bond acceptors (Lipinski definition) is 5. The Kier molecular flexibility index (Phi) is 11.4. The summed E-state index contributed by atoms with van der Waals surface area (Å²) in [6.07, 6.45) is 4.15. The molecule has 0 spiro atoms. The Balaban J connectivity index is 0.000000210. The third kappa shape index (κ3) is 8.93. The van der Waals surface area contributed by atoms with Crippen LogP contribution in [0.3, 0.4) is 0 Å². The molecule has 2 aromatic carbocycles. The number of furan rings is 1. The van der Waals surface area contributed by atoms with Crippen molar-refractivity contribution in [3.63, 3.8) is 0 Å². The maximum absolute atomic E-state index is 6.04. The number of benzene rings is 2. The SMILES string of the molecule is CC(C)(C)Cc1cc(-c2[c-]cccc2)nc[c]1[Ge]([CH3])([CH3])[CH3].Cc1cc2nc(-c3[c-]cc4oc5nc(CC(C)(C)C)ccc5c4c3)n(C)c2c(C)n1.[Ir]. The van der Waals surface area contributed by atoms with Gasteiger partial charge in [-0.05, 0) is 43.9 Å². The van der Waals surface area contributed by atoms with Crippen molar-refractivity contribution < 1.29 is 24.5 Å².